The van der Waals surface area contributed by atoms with Gasteiger partial charge in [0.25, 0.3) is 5.91 Å². The number of nitrogens with one attached hydrogen (secondary N) is 1. The summed E-state index contributed by atoms with van der Waals surface area (Å²) in [6.07, 6.45) is 0. The van der Waals surface area contributed by atoms with E-state index < -0.39 is 11.7 Å². The van der Waals surface area contributed by atoms with E-state index in [0.717, 1.165) is 5.69 Å². The number of rotatable bonds is 2. The van der Waals surface area contributed by atoms with Crippen molar-refractivity contribution in [2.24, 2.45) is 0 Å². The summed E-state index contributed by atoms with van der Waals surface area (Å²) in [5.74, 6) is -0.0371. The number of aromatic nitrogens is 4. The molecule has 0 bridgehead atoms. The van der Waals surface area contributed by atoms with Gasteiger partial charge in [-0.3, -0.25) is 4.79 Å². The number of nitrogens with zero attached hydrogens (tertiary/aromatic N) is 4. The monoisotopic (exact) mass is 325 g/mol. The second-order valence-electron chi connectivity index (χ2n) is 5.32. The Balaban J connectivity index is 1.67. The third kappa shape index (κ3) is 2.37. The summed E-state index contributed by atoms with van der Waals surface area (Å²) in [7, 11) is 0. The molecule has 7 nitrogen and oxygen atoms in total. The van der Waals surface area contributed by atoms with Crippen LogP contribution in [0.5, 0.6) is 5.75 Å². The molecule has 0 aliphatic carbocycles. The van der Waals surface area contributed by atoms with Gasteiger partial charge in [0, 0.05) is 11.8 Å². The molecule has 3 heterocycles. The van der Waals surface area contributed by atoms with Crippen molar-refractivity contribution in [1.29, 1.82) is 0 Å². The van der Waals surface area contributed by atoms with E-state index in [0.29, 0.717) is 22.9 Å². The number of anilines is 1. The molecule has 1 aliphatic rings. The van der Waals surface area contributed by atoms with Crippen LogP contribution in [0.15, 0.2) is 36.4 Å². The minimum absolute atomic E-state index is 0.0768. The van der Waals surface area contributed by atoms with Crippen LogP contribution >= 0.6 is 0 Å². The lowest BCUT2D eigenvalue weighted by molar-refractivity contribution is 0.101. The molecule has 24 heavy (non-hydrogen) atoms. The van der Waals surface area contributed by atoms with Crippen molar-refractivity contribution in [3.63, 3.8) is 0 Å². The number of fused-ring (bicyclic) bond motifs is 3. The van der Waals surface area contributed by atoms with Gasteiger partial charge >= 0.3 is 0 Å². The summed E-state index contributed by atoms with van der Waals surface area (Å²) in [6, 6.07) is 9.43. The van der Waals surface area contributed by atoms with Crippen molar-refractivity contribution in [2.75, 3.05) is 5.32 Å². The van der Waals surface area contributed by atoms with E-state index in [2.05, 4.69) is 20.6 Å². The van der Waals surface area contributed by atoms with Crippen LogP contribution in [0.1, 0.15) is 21.9 Å². The van der Waals surface area contributed by atoms with Crippen molar-refractivity contribution < 1.29 is 13.9 Å². The van der Waals surface area contributed by atoms with Crippen LogP contribution in [0, 0.1) is 12.7 Å². The van der Waals surface area contributed by atoms with Crippen LogP contribution < -0.4 is 10.1 Å². The molecule has 3 aromatic rings. The number of aryl methyl sites for hydroxylation is 1. The van der Waals surface area contributed by atoms with Crippen LogP contribution in [0.3, 0.4) is 0 Å². The minimum atomic E-state index is -0.427. The fraction of sp³-hybridized carbons (Fsp3) is 0.125. The Morgan fingerprint density at radius 2 is 2.21 bits per heavy atom. The van der Waals surface area contributed by atoms with E-state index in [1.807, 2.05) is 13.0 Å². The molecular formula is C16H12FN5O2. The van der Waals surface area contributed by atoms with Crippen molar-refractivity contribution in [2.45, 2.75) is 13.5 Å². The molecule has 1 aliphatic heterocycles. The lowest BCUT2D eigenvalue weighted by Gasteiger charge is -2.18. The van der Waals surface area contributed by atoms with Crippen LogP contribution in [-0.2, 0) is 6.61 Å². The lowest BCUT2D eigenvalue weighted by atomic mass is 10.2. The Bertz CT molecular complexity index is 953. The van der Waals surface area contributed by atoms with Crippen LogP contribution in [0.4, 0.5) is 10.2 Å². The molecule has 1 N–H and O–H groups in total. The summed E-state index contributed by atoms with van der Waals surface area (Å²) in [5.41, 5.74) is 1.97. The van der Waals surface area contributed by atoms with Gasteiger partial charge in [0.2, 0.25) is 0 Å². The first-order chi connectivity index (χ1) is 11.6. The molecule has 120 valence electrons. The number of ether oxygens (including phenoxy) is 1. The van der Waals surface area contributed by atoms with E-state index in [9.17, 15) is 9.18 Å². The van der Waals surface area contributed by atoms with Crippen LogP contribution in [0.2, 0.25) is 0 Å². The van der Waals surface area contributed by atoms with Gasteiger partial charge in [0.05, 0.1) is 0 Å². The highest BCUT2D eigenvalue weighted by Gasteiger charge is 2.26. The molecule has 2 aromatic heterocycles. The zero-order valence-electron chi connectivity index (χ0n) is 12.7. The van der Waals surface area contributed by atoms with E-state index in [4.69, 9.17) is 4.74 Å². The summed E-state index contributed by atoms with van der Waals surface area (Å²) in [6.45, 7) is 1.91. The summed E-state index contributed by atoms with van der Waals surface area (Å²) >= 11 is 0. The van der Waals surface area contributed by atoms with E-state index >= 15 is 0 Å². The molecule has 0 spiro atoms. The Hall–Kier alpha value is -3.29. The molecule has 4 rings (SSSR count). The molecule has 0 saturated heterocycles. The maximum atomic E-state index is 13.3. The first-order valence-corrected chi connectivity index (χ1v) is 7.24. The van der Waals surface area contributed by atoms with Gasteiger partial charge in [-0.25, -0.2) is 14.1 Å². The Morgan fingerprint density at radius 3 is 3.04 bits per heavy atom. The molecule has 0 unspecified atom stereocenters. The number of benzene rings is 1. The number of hydrogen-bond acceptors (Lipinski definition) is 5. The number of amides is 1. The van der Waals surface area contributed by atoms with Gasteiger partial charge in [-0.05, 0) is 31.2 Å². The minimum Gasteiger partial charge on any atom is -0.485 e. The number of carbonyl (C=O) groups excluding carboxylic acids is 1. The average molecular weight is 325 g/mol. The maximum absolute atomic E-state index is 13.3. The third-order valence-electron chi connectivity index (χ3n) is 3.62. The molecular weight excluding hydrogens is 313 g/mol. The second-order valence-corrected chi connectivity index (χ2v) is 5.32. The van der Waals surface area contributed by atoms with Crippen molar-refractivity contribution in [3.8, 4) is 11.4 Å². The zero-order valence-corrected chi connectivity index (χ0v) is 12.7. The van der Waals surface area contributed by atoms with Crippen LogP contribution in [0.25, 0.3) is 5.69 Å². The Labute approximate surface area is 136 Å². The highest BCUT2D eigenvalue weighted by molar-refractivity contribution is 6.03. The third-order valence-corrected chi connectivity index (χ3v) is 3.62. The van der Waals surface area contributed by atoms with E-state index in [1.54, 1.807) is 12.1 Å². The molecule has 0 fully saturated rings. The number of halogens is 1. The Morgan fingerprint density at radius 1 is 1.33 bits per heavy atom. The highest BCUT2D eigenvalue weighted by atomic mass is 19.1. The predicted molar refractivity (Wildman–Crippen MR) is 82.6 cm³/mol. The molecule has 1 amide bonds. The highest BCUT2D eigenvalue weighted by Crippen LogP contribution is 2.30. The fourth-order valence-corrected chi connectivity index (χ4v) is 2.51. The molecule has 0 radical (unpaired) electrons. The topological polar surface area (TPSA) is 81.9 Å². The normalized spacial score (nSPS) is 12.1. The second kappa shape index (κ2) is 5.41. The SMILES string of the molecule is Cc1cccc(NC(=O)c2nnn3c2COc2cc(F)ccc2-3)n1. The average Bonchev–Trinajstić information content (AvgIpc) is 2.99. The van der Waals surface area contributed by atoms with Gasteiger partial charge in [-0.15, -0.1) is 5.10 Å². The molecule has 0 atom stereocenters. The number of hydrogen-bond donors (Lipinski definition) is 1. The lowest BCUT2D eigenvalue weighted by Crippen LogP contribution is -2.19. The molecule has 0 saturated carbocycles. The van der Waals surface area contributed by atoms with E-state index in [-0.39, 0.29) is 12.3 Å². The van der Waals surface area contributed by atoms with Crippen molar-refractivity contribution in [1.82, 2.24) is 20.0 Å². The first-order valence-electron chi connectivity index (χ1n) is 7.24. The number of pyridine rings is 1. The standard InChI is InChI=1S/C16H12FN5O2/c1-9-3-2-4-14(18-9)19-16(23)15-12-8-24-13-7-10(17)5-6-11(13)22(12)21-20-15/h2-7H,8H2,1H3,(H,18,19,23). The maximum Gasteiger partial charge on any atom is 0.279 e. The van der Waals surface area contributed by atoms with Gasteiger partial charge in [-0.2, -0.15) is 0 Å². The van der Waals surface area contributed by atoms with Gasteiger partial charge in [0.15, 0.2) is 5.69 Å². The summed E-state index contributed by atoms with van der Waals surface area (Å²) in [4.78, 5) is 16.7. The largest absolute Gasteiger partial charge is 0.485 e. The Kier molecular flexibility index (Phi) is 3.23. The van der Waals surface area contributed by atoms with Crippen molar-refractivity contribution >= 4 is 11.7 Å². The summed E-state index contributed by atoms with van der Waals surface area (Å²) < 4.78 is 20.3. The van der Waals surface area contributed by atoms with Gasteiger partial charge in [-0.1, -0.05) is 11.3 Å². The van der Waals surface area contributed by atoms with Crippen LogP contribution in [-0.4, -0.2) is 25.9 Å². The van der Waals surface area contributed by atoms with E-state index in [1.165, 1.54) is 22.9 Å². The fourth-order valence-electron chi connectivity index (χ4n) is 2.51. The number of carbonyl (C=O) groups is 1. The van der Waals surface area contributed by atoms with Gasteiger partial charge in [0.1, 0.15) is 35.4 Å². The quantitative estimate of drug-likeness (QED) is 0.781. The first kappa shape index (κ1) is 14.3. The summed E-state index contributed by atoms with van der Waals surface area (Å²) in [5, 5.41) is 10.6. The molecule has 1 aromatic carbocycles. The smallest absolute Gasteiger partial charge is 0.279 e. The predicted octanol–water partition coefficient (Wildman–Crippen LogP) is 2.25. The zero-order chi connectivity index (χ0) is 16.7. The van der Waals surface area contributed by atoms with Gasteiger partial charge < -0.3 is 10.1 Å². The molecule has 8 heteroatoms. The van der Waals surface area contributed by atoms with Crippen molar-refractivity contribution in [3.05, 3.63) is 59.3 Å².